The quantitative estimate of drug-likeness (QED) is 0.606. The molecule has 6 heteroatoms. The van der Waals surface area contributed by atoms with Gasteiger partial charge in [-0.1, -0.05) is 56.8 Å². The molecule has 1 atom stereocenters. The van der Waals surface area contributed by atoms with E-state index in [-0.39, 0.29) is 11.9 Å². The van der Waals surface area contributed by atoms with Crippen LogP contribution in [-0.4, -0.2) is 0 Å². The van der Waals surface area contributed by atoms with Crippen molar-refractivity contribution in [2.75, 3.05) is 5.32 Å². The van der Waals surface area contributed by atoms with Gasteiger partial charge in [-0.2, -0.15) is 0 Å². The predicted molar refractivity (Wildman–Crippen MR) is 87.6 cm³/mol. The minimum absolute atomic E-state index is 0.110. The van der Waals surface area contributed by atoms with Crippen LogP contribution < -0.4 is 5.32 Å². The van der Waals surface area contributed by atoms with Crippen LogP contribution in [0.1, 0.15) is 18.5 Å². The maximum Gasteiger partial charge on any atom is 0.124 e. The summed E-state index contributed by atoms with van der Waals surface area (Å²) in [5.74, 6) is -0.296. The molecule has 0 radical (unpaired) electrons. The second-order valence-electron chi connectivity index (χ2n) is 4.28. The molecule has 2 aromatic carbocycles. The number of halogens is 5. The molecule has 0 bridgehead atoms. The smallest absolute Gasteiger partial charge is 0.124 e. The maximum absolute atomic E-state index is 13.1. The Kier molecular flexibility index (Phi) is 5.19. The van der Waals surface area contributed by atoms with Gasteiger partial charge in [0.1, 0.15) is 5.82 Å². The van der Waals surface area contributed by atoms with Gasteiger partial charge >= 0.3 is 0 Å². The van der Waals surface area contributed by atoms with E-state index in [0.29, 0.717) is 25.2 Å². The third kappa shape index (κ3) is 3.59. The lowest BCUT2D eigenvalue weighted by atomic mass is 10.1. The Bertz CT molecular complexity index is 625. The molecule has 2 aromatic rings. The summed E-state index contributed by atoms with van der Waals surface area (Å²) in [6, 6.07) is 7.64. The van der Waals surface area contributed by atoms with Gasteiger partial charge in [-0.3, -0.25) is 0 Å². The highest BCUT2D eigenvalue weighted by atomic mass is 79.9. The molecule has 0 aliphatic heterocycles. The van der Waals surface area contributed by atoms with E-state index in [1.807, 2.05) is 6.92 Å². The molecular weight excluding hydrogens is 387 g/mol. The van der Waals surface area contributed by atoms with E-state index in [1.54, 1.807) is 18.2 Å². The molecule has 0 heterocycles. The molecule has 0 aromatic heterocycles. The van der Waals surface area contributed by atoms with Crippen molar-refractivity contribution < 1.29 is 4.39 Å². The average Bonchev–Trinajstić information content (AvgIpc) is 2.33. The molecule has 0 saturated heterocycles. The number of rotatable bonds is 3. The highest BCUT2D eigenvalue weighted by molar-refractivity contribution is 9.10. The van der Waals surface area contributed by atoms with Crippen LogP contribution in [0.25, 0.3) is 0 Å². The second-order valence-corrected chi connectivity index (χ2v) is 6.38. The lowest BCUT2D eigenvalue weighted by Crippen LogP contribution is -2.08. The Morgan fingerprint density at radius 2 is 1.70 bits per heavy atom. The third-order valence-electron chi connectivity index (χ3n) is 2.80. The Labute approximate surface area is 140 Å². The van der Waals surface area contributed by atoms with E-state index >= 15 is 0 Å². The van der Waals surface area contributed by atoms with Crippen LogP contribution in [0.2, 0.25) is 15.1 Å². The van der Waals surface area contributed by atoms with Crippen molar-refractivity contribution in [2.45, 2.75) is 13.0 Å². The summed E-state index contributed by atoms with van der Waals surface area (Å²) in [6.45, 7) is 1.93. The van der Waals surface area contributed by atoms with Crippen LogP contribution in [-0.2, 0) is 0 Å². The first-order valence-corrected chi connectivity index (χ1v) is 7.67. The molecule has 0 aliphatic rings. The fourth-order valence-electron chi connectivity index (χ4n) is 1.83. The van der Waals surface area contributed by atoms with Crippen molar-refractivity contribution in [3.05, 3.63) is 61.3 Å². The summed E-state index contributed by atoms with van der Waals surface area (Å²) in [7, 11) is 0. The molecule has 20 heavy (non-hydrogen) atoms. The topological polar surface area (TPSA) is 12.0 Å². The molecular formula is C14H10BrCl3FN. The first-order chi connectivity index (χ1) is 9.38. The molecule has 1 nitrogen and oxygen atoms in total. The van der Waals surface area contributed by atoms with Gasteiger partial charge in [-0.25, -0.2) is 4.39 Å². The Balaban J connectivity index is 2.30. The maximum atomic E-state index is 13.1. The highest BCUT2D eigenvalue weighted by Gasteiger charge is 2.14. The van der Waals surface area contributed by atoms with E-state index < -0.39 is 0 Å². The molecule has 0 saturated carbocycles. The van der Waals surface area contributed by atoms with Crippen molar-refractivity contribution in [3.8, 4) is 0 Å². The van der Waals surface area contributed by atoms with E-state index in [1.165, 1.54) is 12.1 Å². The lowest BCUT2D eigenvalue weighted by Gasteiger charge is -2.19. The van der Waals surface area contributed by atoms with E-state index in [2.05, 4.69) is 21.2 Å². The van der Waals surface area contributed by atoms with Gasteiger partial charge in [0.15, 0.2) is 0 Å². The summed E-state index contributed by atoms with van der Waals surface area (Å²) in [5, 5.41) is 4.56. The fraction of sp³-hybridized carbons (Fsp3) is 0.143. The number of hydrogen-bond acceptors (Lipinski definition) is 1. The number of hydrogen-bond donors (Lipinski definition) is 1. The van der Waals surface area contributed by atoms with Gasteiger partial charge in [0, 0.05) is 15.5 Å². The van der Waals surface area contributed by atoms with E-state index in [0.717, 1.165) is 5.56 Å². The standard InChI is InChI=1S/C14H10BrCl3FN/c1-7(10-3-2-9(19)6-11(10)15)20-14-12(17)4-8(16)5-13(14)18/h2-7,20H,1H3. The third-order valence-corrected chi connectivity index (χ3v) is 4.30. The van der Waals surface area contributed by atoms with Gasteiger partial charge < -0.3 is 5.32 Å². The van der Waals surface area contributed by atoms with Gasteiger partial charge in [0.25, 0.3) is 0 Å². The number of benzene rings is 2. The van der Waals surface area contributed by atoms with Crippen LogP contribution in [0.5, 0.6) is 0 Å². The Morgan fingerprint density at radius 1 is 1.10 bits per heavy atom. The molecule has 0 spiro atoms. The second kappa shape index (κ2) is 6.52. The zero-order chi connectivity index (χ0) is 14.9. The predicted octanol–water partition coefficient (Wildman–Crippen LogP) is 6.72. The van der Waals surface area contributed by atoms with Crippen LogP contribution in [0.4, 0.5) is 10.1 Å². The van der Waals surface area contributed by atoms with Gasteiger partial charge in [-0.15, -0.1) is 0 Å². The van der Waals surface area contributed by atoms with Crippen molar-refractivity contribution in [1.82, 2.24) is 0 Å². The molecule has 0 aliphatic carbocycles. The van der Waals surface area contributed by atoms with Crippen molar-refractivity contribution in [1.29, 1.82) is 0 Å². The summed E-state index contributed by atoms with van der Waals surface area (Å²) in [5.41, 5.74) is 1.50. The summed E-state index contributed by atoms with van der Waals surface area (Å²) < 4.78 is 13.8. The van der Waals surface area contributed by atoms with Crippen LogP contribution in [0.3, 0.4) is 0 Å². The molecule has 0 fully saturated rings. The fourth-order valence-corrected chi connectivity index (χ4v) is 3.45. The first kappa shape index (κ1) is 15.9. The highest BCUT2D eigenvalue weighted by Crippen LogP contribution is 2.36. The SMILES string of the molecule is CC(Nc1c(Cl)cc(Cl)cc1Cl)c1ccc(F)cc1Br. The van der Waals surface area contributed by atoms with E-state index in [4.69, 9.17) is 34.8 Å². The van der Waals surface area contributed by atoms with Crippen molar-refractivity contribution >= 4 is 56.4 Å². The molecule has 1 unspecified atom stereocenters. The van der Waals surface area contributed by atoms with Crippen LogP contribution in [0, 0.1) is 5.82 Å². The average molecular weight is 398 g/mol. The monoisotopic (exact) mass is 395 g/mol. The van der Waals surface area contributed by atoms with Crippen LogP contribution >= 0.6 is 50.7 Å². The molecule has 106 valence electrons. The largest absolute Gasteiger partial charge is 0.376 e. The van der Waals surface area contributed by atoms with Gasteiger partial charge in [-0.05, 0) is 36.8 Å². The molecule has 2 rings (SSSR count). The Morgan fingerprint density at radius 3 is 2.25 bits per heavy atom. The van der Waals surface area contributed by atoms with Gasteiger partial charge in [0.05, 0.1) is 15.7 Å². The van der Waals surface area contributed by atoms with Gasteiger partial charge in [0.2, 0.25) is 0 Å². The number of nitrogens with one attached hydrogen (secondary N) is 1. The lowest BCUT2D eigenvalue weighted by molar-refractivity contribution is 0.625. The molecule has 0 amide bonds. The normalized spacial score (nSPS) is 12.3. The minimum Gasteiger partial charge on any atom is -0.376 e. The summed E-state index contributed by atoms with van der Waals surface area (Å²) in [4.78, 5) is 0. The van der Waals surface area contributed by atoms with Crippen molar-refractivity contribution in [3.63, 3.8) is 0 Å². The first-order valence-electron chi connectivity index (χ1n) is 5.74. The van der Waals surface area contributed by atoms with Crippen molar-refractivity contribution in [2.24, 2.45) is 0 Å². The Hall–Kier alpha value is -0.480. The number of anilines is 1. The summed E-state index contributed by atoms with van der Waals surface area (Å²) in [6.07, 6.45) is 0. The van der Waals surface area contributed by atoms with E-state index in [9.17, 15) is 4.39 Å². The summed E-state index contributed by atoms with van der Waals surface area (Å²) >= 11 is 21.5. The zero-order valence-electron chi connectivity index (χ0n) is 10.4. The zero-order valence-corrected chi connectivity index (χ0v) is 14.2. The van der Waals surface area contributed by atoms with Crippen LogP contribution in [0.15, 0.2) is 34.8 Å². The molecule has 1 N–H and O–H groups in total. The minimum atomic E-state index is -0.296.